The van der Waals surface area contributed by atoms with E-state index in [4.69, 9.17) is 14.2 Å². The lowest BCUT2D eigenvalue weighted by Gasteiger charge is -2.45. The van der Waals surface area contributed by atoms with Crippen molar-refractivity contribution in [2.24, 2.45) is 0 Å². The SMILES string of the molecule is COc1cc(C(=O)N2CCC(CCN3CCC(NC(=O)N4CCCCC4C(=O)O)(c4ccccc4)CC3)(c3ccccc3)C2)cc(OC)c1OC. The minimum atomic E-state index is -0.948. The summed E-state index contributed by atoms with van der Waals surface area (Å²) < 4.78 is 16.5. The van der Waals surface area contributed by atoms with Crippen molar-refractivity contribution in [2.45, 2.75) is 61.9 Å². The molecular formula is C40H50N4O7. The van der Waals surface area contributed by atoms with Gasteiger partial charge in [0.05, 0.1) is 26.9 Å². The number of likely N-dealkylation sites (tertiary alicyclic amines) is 3. The Morgan fingerprint density at radius 2 is 1.43 bits per heavy atom. The average Bonchev–Trinajstić information content (AvgIpc) is 3.63. The van der Waals surface area contributed by atoms with E-state index < -0.39 is 17.6 Å². The molecule has 0 radical (unpaired) electrons. The molecule has 51 heavy (non-hydrogen) atoms. The van der Waals surface area contributed by atoms with Crippen LogP contribution in [0.5, 0.6) is 17.2 Å². The second-order valence-corrected chi connectivity index (χ2v) is 14.1. The molecule has 2 unspecified atom stereocenters. The van der Waals surface area contributed by atoms with Crippen molar-refractivity contribution in [3.63, 3.8) is 0 Å². The van der Waals surface area contributed by atoms with Gasteiger partial charge in [0.15, 0.2) is 11.5 Å². The minimum Gasteiger partial charge on any atom is -0.493 e. The van der Waals surface area contributed by atoms with Crippen molar-refractivity contribution in [1.29, 1.82) is 0 Å². The minimum absolute atomic E-state index is 0.0766. The smallest absolute Gasteiger partial charge is 0.326 e. The molecule has 11 nitrogen and oxygen atoms in total. The molecule has 2 atom stereocenters. The Balaban J connectivity index is 1.17. The van der Waals surface area contributed by atoms with Crippen LogP contribution in [-0.2, 0) is 15.7 Å². The van der Waals surface area contributed by atoms with E-state index in [-0.39, 0.29) is 17.4 Å². The molecule has 0 aliphatic carbocycles. The first-order valence-electron chi connectivity index (χ1n) is 18.0. The number of ether oxygens (including phenoxy) is 3. The number of carbonyl (C=O) groups is 3. The fraction of sp³-hybridized carbons (Fsp3) is 0.475. The molecule has 3 aliphatic rings. The van der Waals surface area contributed by atoms with Crippen LogP contribution in [0.3, 0.4) is 0 Å². The maximum absolute atomic E-state index is 14.0. The zero-order valence-corrected chi connectivity index (χ0v) is 29.9. The highest BCUT2D eigenvalue weighted by atomic mass is 16.5. The van der Waals surface area contributed by atoms with Crippen LogP contribution in [0.2, 0.25) is 0 Å². The number of benzene rings is 3. The molecule has 3 amide bonds. The van der Waals surface area contributed by atoms with Gasteiger partial charge >= 0.3 is 12.0 Å². The number of methoxy groups -OCH3 is 3. The Kier molecular flexibility index (Phi) is 11.0. The third-order valence-electron chi connectivity index (χ3n) is 11.3. The number of carboxylic acid groups (broad SMARTS) is 1. The van der Waals surface area contributed by atoms with Gasteiger partial charge in [0.2, 0.25) is 5.75 Å². The topological polar surface area (TPSA) is 121 Å². The number of piperidine rings is 2. The third-order valence-corrected chi connectivity index (χ3v) is 11.3. The van der Waals surface area contributed by atoms with E-state index in [1.807, 2.05) is 29.2 Å². The summed E-state index contributed by atoms with van der Waals surface area (Å²) >= 11 is 0. The van der Waals surface area contributed by atoms with E-state index in [0.29, 0.717) is 61.7 Å². The van der Waals surface area contributed by atoms with Gasteiger partial charge in [-0.1, -0.05) is 60.7 Å². The first-order chi connectivity index (χ1) is 24.7. The number of nitrogens with zero attached hydrogens (tertiary/aromatic N) is 3. The Morgan fingerprint density at radius 3 is 2.02 bits per heavy atom. The Bertz CT molecular complexity index is 1650. The normalized spacial score (nSPS) is 21.9. The summed E-state index contributed by atoms with van der Waals surface area (Å²) in [5.74, 6) is 0.312. The zero-order valence-electron chi connectivity index (χ0n) is 29.9. The molecule has 0 aromatic heterocycles. The Morgan fingerprint density at radius 1 is 0.804 bits per heavy atom. The Hall–Kier alpha value is -4.77. The molecule has 272 valence electrons. The fourth-order valence-electron chi connectivity index (χ4n) is 8.29. The van der Waals surface area contributed by atoms with E-state index in [2.05, 4.69) is 46.6 Å². The van der Waals surface area contributed by atoms with E-state index in [0.717, 1.165) is 50.9 Å². The van der Waals surface area contributed by atoms with Crippen LogP contribution in [0.25, 0.3) is 0 Å². The zero-order chi connectivity index (χ0) is 36.0. The molecular weight excluding hydrogens is 648 g/mol. The van der Waals surface area contributed by atoms with E-state index in [1.165, 1.54) is 10.5 Å². The largest absolute Gasteiger partial charge is 0.493 e. The molecule has 3 aromatic carbocycles. The lowest BCUT2D eigenvalue weighted by Crippen LogP contribution is -2.59. The molecule has 2 N–H and O–H groups in total. The van der Waals surface area contributed by atoms with Crippen molar-refractivity contribution in [3.8, 4) is 17.2 Å². The van der Waals surface area contributed by atoms with E-state index in [9.17, 15) is 19.5 Å². The second-order valence-electron chi connectivity index (χ2n) is 14.1. The predicted octanol–water partition coefficient (Wildman–Crippen LogP) is 5.53. The first kappa shape index (κ1) is 36.0. The van der Waals surface area contributed by atoms with Crippen molar-refractivity contribution in [2.75, 3.05) is 60.6 Å². The van der Waals surface area contributed by atoms with Crippen LogP contribution < -0.4 is 19.5 Å². The van der Waals surface area contributed by atoms with Crippen LogP contribution in [0.1, 0.15) is 66.4 Å². The van der Waals surface area contributed by atoms with Crippen LogP contribution in [0, 0.1) is 0 Å². The summed E-state index contributed by atoms with van der Waals surface area (Å²) in [5.41, 5.74) is 1.94. The highest BCUT2D eigenvalue weighted by molar-refractivity contribution is 5.96. The number of rotatable bonds is 11. The quantitative estimate of drug-likeness (QED) is 0.269. The van der Waals surface area contributed by atoms with Gasteiger partial charge in [-0.2, -0.15) is 0 Å². The number of amides is 3. The van der Waals surface area contributed by atoms with Crippen molar-refractivity contribution in [3.05, 3.63) is 89.5 Å². The van der Waals surface area contributed by atoms with E-state index >= 15 is 0 Å². The molecule has 3 aromatic rings. The third kappa shape index (κ3) is 7.49. The lowest BCUT2D eigenvalue weighted by molar-refractivity contribution is -0.143. The summed E-state index contributed by atoms with van der Waals surface area (Å²) in [6.45, 7) is 4.05. The lowest BCUT2D eigenvalue weighted by atomic mass is 9.76. The van der Waals surface area contributed by atoms with Gasteiger partial charge in [0.25, 0.3) is 5.91 Å². The van der Waals surface area contributed by atoms with Gasteiger partial charge in [-0.3, -0.25) is 4.79 Å². The van der Waals surface area contributed by atoms with Crippen LogP contribution in [-0.4, -0.2) is 104 Å². The number of carbonyl (C=O) groups excluding carboxylic acids is 2. The fourth-order valence-corrected chi connectivity index (χ4v) is 8.29. The second kappa shape index (κ2) is 15.6. The molecule has 3 aliphatic heterocycles. The number of nitrogens with one attached hydrogen (secondary N) is 1. The standard InChI is InChI=1S/C40H50N4O7/c1-49-33-26-29(27-34(50-2)35(33)51-3)36(45)43-25-18-39(28-43,30-12-6-4-7-13-30)17-22-42-23-19-40(20-24-42,31-14-8-5-9-15-31)41-38(48)44-21-11-10-16-32(44)37(46)47/h4-9,12-15,26-27,32H,10-11,16-25,28H2,1-3H3,(H,41,48)(H,46,47). The van der Waals surface area contributed by atoms with Gasteiger partial charge in [-0.05, 0) is 74.8 Å². The molecule has 6 rings (SSSR count). The molecule has 3 heterocycles. The summed E-state index contributed by atoms with van der Waals surface area (Å²) in [4.78, 5) is 45.6. The van der Waals surface area contributed by atoms with Crippen molar-refractivity contribution < 1.29 is 33.7 Å². The maximum atomic E-state index is 14.0. The van der Waals surface area contributed by atoms with Gasteiger partial charge in [0.1, 0.15) is 6.04 Å². The number of aliphatic carboxylic acids is 1. The average molecular weight is 699 g/mol. The number of hydrogen-bond donors (Lipinski definition) is 2. The van der Waals surface area contributed by atoms with Crippen LogP contribution in [0.15, 0.2) is 72.8 Å². The first-order valence-corrected chi connectivity index (χ1v) is 18.0. The van der Waals surface area contributed by atoms with Crippen molar-refractivity contribution >= 4 is 17.9 Å². The maximum Gasteiger partial charge on any atom is 0.326 e. The summed E-state index contributed by atoms with van der Waals surface area (Å²) in [6, 6.07) is 22.9. The highest BCUT2D eigenvalue weighted by Crippen LogP contribution is 2.42. The predicted molar refractivity (Wildman–Crippen MR) is 194 cm³/mol. The van der Waals surface area contributed by atoms with Gasteiger partial charge < -0.3 is 39.3 Å². The van der Waals surface area contributed by atoms with Crippen molar-refractivity contribution in [1.82, 2.24) is 20.0 Å². The van der Waals surface area contributed by atoms with Crippen LogP contribution >= 0.6 is 0 Å². The number of hydrogen-bond acceptors (Lipinski definition) is 7. The molecule has 11 heteroatoms. The molecule has 0 bridgehead atoms. The monoisotopic (exact) mass is 698 g/mol. The van der Waals surface area contributed by atoms with Gasteiger partial charge in [0, 0.05) is 43.7 Å². The molecule has 3 fully saturated rings. The van der Waals surface area contributed by atoms with Crippen LogP contribution in [0.4, 0.5) is 4.79 Å². The number of carboxylic acids is 1. The van der Waals surface area contributed by atoms with Gasteiger partial charge in [-0.25, -0.2) is 9.59 Å². The van der Waals surface area contributed by atoms with Gasteiger partial charge in [-0.15, -0.1) is 0 Å². The highest BCUT2D eigenvalue weighted by Gasteiger charge is 2.44. The summed E-state index contributed by atoms with van der Waals surface area (Å²) in [6.07, 6.45) is 5.21. The summed E-state index contributed by atoms with van der Waals surface area (Å²) in [5, 5.41) is 13.2. The molecule has 0 saturated carbocycles. The van der Waals surface area contributed by atoms with E-state index in [1.54, 1.807) is 33.5 Å². The Labute approximate surface area is 300 Å². The molecule has 0 spiro atoms. The number of urea groups is 1. The summed E-state index contributed by atoms with van der Waals surface area (Å²) in [7, 11) is 4.63. The molecule has 3 saturated heterocycles.